The van der Waals surface area contributed by atoms with Crippen molar-refractivity contribution in [3.05, 3.63) is 108 Å². The van der Waals surface area contributed by atoms with E-state index < -0.39 is 0 Å². The highest BCUT2D eigenvalue weighted by Gasteiger charge is 2.52. The summed E-state index contributed by atoms with van der Waals surface area (Å²) in [5.74, 6) is 2.01. The Morgan fingerprint density at radius 1 is 0.440 bits per heavy atom. The van der Waals surface area contributed by atoms with Crippen LogP contribution in [0.25, 0.3) is 0 Å². The van der Waals surface area contributed by atoms with E-state index in [1.165, 1.54) is 77.5 Å². The van der Waals surface area contributed by atoms with Crippen LogP contribution in [0.15, 0.2) is 91.0 Å². The number of carbonyl (C=O) groups is 3. The summed E-state index contributed by atoms with van der Waals surface area (Å²) in [5.41, 5.74) is 3.21. The number of likely N-dealkylation sites (N-methyl/N-ethyl adjacent to an activating group) is 3. The summed E-state index contributed by atoms with van der Waals surface area (Å²) < 4.78 is 18.8. The van der Waals surface area contributed by atoms with Gasteiger partial charge in [0.25, 0.3) is 0 Å². The second kappa shape index (κ2) is 30.6. The second-order valence-corrected chi connectivity index (χ2v) is 26.8. The molecule has 84 heavy (non-hydrogen) atoms. The SMILES string of the molecule is C.C.C.CC1CO[C@]2(CC[C@H](N(C)C(=O)Cc3ccccc3)[C@@H](N3CCCC3)C2)C1.CC1CO[C@]2(CC[C@H](N(C)C(=O)Cc3ccccc3)[C@@H](N3CCCC3)C2)C1.CN(C(=O)Cc1ccccc1)[C@H]1CC[C@@]2(CC(O)CO2)C[C@@H]1N1CCCC1. The van der Waals surface area contributed by atoms with Crippen molar-refractivity contribution in [3.8, 4) is 0 Å². The fraction of sp³-hybridized carbons (Fsp3) is 0.704. The van der Waals surface area contributed by atoms with Gasteiger partial charge in [0.1, 0.15) is 0 Å². The molecule has 3 unspecified atom stereocenters. The van der Waals surface area contributed by atoms with E-state index >= 15 is 0 Å². The van der Waals surface area contributed by atoms with E-state index in [-0.39, 0.29) is 69.0 Å². The second-order valence-electron chi connectivity index (χ2n) is 26.8. The van der Waals surface area contributed by atoms with Crippen molar-refractivity contribution in [2.75, 3.05) is 80.2 Å². The Morgan fingerprint density at radius 3 is 0.964 bits per heavy atom. The zero-order chi connectivity index (χ0) is 56.6. The Labute approximate surface area is 508 Å². The lowest BCUT2D eigenvalue weighted by Gasteiger charge is -2.48. The molecule has 6 aliphatic heterocycles. The summed E-state index contributed by atoms with van der Waals surface area (Å²) in [6, 6.07) is 32.3. The molecule has 3 aromatic carbocycles. The molecule has 13 heteroatoms. The van der Waals surface area contributed by atoms with Crippen molar-refractivity contribution in [2.24, 2.45) is 11.8 Å². The van der Waals surface area contributed by atoms with Crippen LogP contribution in [0.2, 0.25) is 0 Å². The third-order valence-corrected chi connectivity index (χ3v) is 20.8. The number of aliphatic hydroxyl groups excluding tert-OH is 1. The number of rotatable bonds is 12. The maximum Gasteiger partial charge on any atom is 0.227 e. The van der Waals surface area contributed by atoms with Gasteiger partial charge < -0.3 is 34.0 Å². The summed E-state index contributed by atoms with van der Waals surface area (Å²) >= 11 is 0. The molecule has 6 heterocycles. The maximum atomic E-state index is 13.0. The summed E-state index contributed by atoms with van der Waals surface area (Å²) in [6.45, 7) is 13.8. The van der Waals surface area contributed by atoms with E-state index in [1.54, 1.807) is 0 Å². The van der Waals surface area contributed by atoms with Crippen LogP contribution in [0.3, 0.4) is 0 Å². The van der Waals surface area contributed by atoms with Gasteiger partial charge >= 0.3 is 0 Å². The highest BCUT2D eigenvalue weighted by atomic mass is 16.5. The highest BCUT2D eigenvalue weighted by Crippen LogP contribution is 2.47. The van der Waals surface area contributed by atoms with Crippen LogP contribution in [0, 0.1) is 11.8 Å². The Hall–Kier alpha value is -4.21. The minimum atomic E-state index is -0.335. The standard InChI is InChI=1S/2C23H34N2O2.C22H32N2O3.3CH4/c2*1-18-15-23(27-17-18)11-10-20(21(16-23)25-12-6-7-13-25)24(2)22(26)14-19-8-4-3-5-9-19;1-23(21(26)13-17-7-3-2-4-8-17)19-9-10-22(14-18(25)16-27-22)15-20(19)24-11-5-6-12-24;;;/h2*3-5,8-9,18,20-21H,6-7,10-17H2,1-2H3;2-4,7-8,18-20,25H,5-6,9-16H2,1H3;3*1H4/t2*18?,20-,21-,23+;18?,19-,20-,22+;;;/m000.../s1. The van der Waals surface area contributed by atoms with Crippen LogP contribution in [0.1, 0.15) is 168 Å². The molecule has 0 aromatic heterocycles. The van der Waals surface area contributed by atoms with E-state index in [4.69, 9.17) is 14.2 Å². The third-order valence-electron chi connectivity index (χ3n) is 20.8. The van der Waals surface area contributed by atoms with Crippen LogP contribution in [0.4, 0.5) is 0 Å². The van der Waals surface area contributed by atoms with Gasteiger partial charge in [-0.05, 0) is 177 Å². The van der Waals surface area contributed by atoms with Crippen LogP contribution < -0.4 is 0 Å². The van der Waals surface area contributed by atoms with Crippen molar-refractivity contribution < 1.29 is 33.7 Å². The molecule has 0 radical (unpaired) electrons. The number of carbonyl (C=O) groups excluding carboxylic acids is 3. The number of hydrogen-bond donors (Lipinski definition) is 1. The van der Waals surface area contributed by atoms with E-state index in [2.05, 4.69) is 38.3 Å². The van der Waals surface area contributed by atoms with Crippen molar-refractivity contribution in [1.82, 2.24) is 29.4 Å². The van der Waals surface area contributed by atoms with Gasteiger partial charge in [0.15, 0.2) is 0 Å². The summed E-state index contributed by atoms with van der Waals surface area (Å²) in [4.78, 5) is 53.0. The van der Waals surface area contributed by atoms with Crippen molar-refractivity contribution in [3.63, 3.8) is 0 Å². The normalized spacial score (nSPS) is 33.0. The fourth-order valence-corrected chi connectivity index (χ4v) is 16.5. The first-order valence-corrected chi connectivity index (χ1v) is 31.9. The molecule has 12 atom stereocenters. The van der Waals surface area contributed by atoms with E-state index in [1.807, 2.05) is 117 Å². The highest BCUT2D eigenvalue weighted by molar-refractivity contribution is 5.80. The zero-order valence-electron chi connectivity index (χ0n) is 50.1. The van der Waals surface area contributed by atoms with E-state index in [0.717, 1.165) is 107 Å². The summed E-state index contributed by atoms with van der Waals surface area (Å²) in [7, 11) is 6.02. The first-order valence-electron chi connectivity index (χ1n) is 31.9. The first-order chi connectivity index (χ1) is 39.2. The van der Waals surface area contributed by atoms with Gasteiger partial charge in [-0.2, -0.15) is 0 Å². The lowest BCUT2D eigenvalue weighted by molar-refractivity contribution is -0.137. The maximum absolute atomic E-state index is 13.0. The van der Waals surface area contributed by atoms with Gasteiger partial charge in [0.2, 0.25) is 17.7 Å². The Kier molecular flexibility index (Phi) is 24.5. The van der Waals surface area contributed by atoms with Crippen LogP contribution >= 0.6 is 0 Å². The summed E-state index contributed by atoms with van der Waals surface area (Å²) in [5, 5.41) is 10.0. The summed E-state index contributed by atoms with van der Waals surface area (Å²) in [6.07, 6.45) is 21.2. The van der Waals surface area contributed by atoms with Gasteiger partial charge in [-0.3, -0.25) is 29.1 Å². The Morgan fingerprint density at radius 2 is 0.714 bits per heavy atom. The van der Waals surface area contributed by atoms with Gasteiger partial charge in [0.05, 0.1) is 48.8 Å². The molecule has 3 saturated carbocycles. The number of benzene rings is 3. The smallest absolute Gasteiger partial charge is 0.227 e. The molecule has 3 aliphatic carbocycles. The molecule has 13 nitrogen and oxygen atoms in total. The lowest BCUT2D eigenvalue weighted by atomic mass is 9.75. The number of ether oxygens (including phenoxy) is 3. The van der Waals surface area contributed by atoms with Gasteiger partial charge in [-0.15, -0.1) is 0 Å². The minimum absolute atomic E-state index is 0. The number of nitrogens with zero attached hydrogens (tertiary/aromatic N) is 6. The van der Waals surface area contributed by atoms with Crippen molar-refractivity contribution in [1.29, 1.82) is 0 Å². The van der Waals surface area contributed by atoms with Crippen LogP contribution in [-0.4, -0.2) is 192 Å². The number of amides is 3. The largest absolute Gasteiger partial charge is 0.391 e. The molecule has 3 amide bonds. The van der Waals surface area contributed by atoms with Gasteiger partial charge in [-0.1, -0.05) is 127 Å². The molecule has 468 valence electrons. The molecule has 3 aromatic rings. The van der Waals surface area contributed by atoms with Crippen LogP contribution in [0.5, 0.6) is 0 Å². The number of aliphatic hydroxyl groups is 1. The molecule has 6 saturated heterocycles. The molecule has 1 N–H and O–H groups in total. The molecule has 0 bridgehead atoms. The monoisotopic (exact) mass is 1160 g/mol. The first kappa shape index (κ1) is 67.3. The Bertz CT molecular complexity index is 2200. The predicted molar refractivity (Wildman–Crippen MR) is 340 cm³/mol. The topological polar surface area (TPSA) is 119 Å². The Balaban J connectivity index is 0.000000178. The average Bonchev–Trinajstić information content (AvgIpc) is 3.55. The lowest BCUT2D eigenvalue weighted by Crippen LogP contribution is -2.58. The van der Waals surface area contributed by atoms with Gasteiger partial charge in [-0.25, -0.2) is 0 Å². The van der Waals surface area contributed by atoms with Crippen LogP contribution in [-0.2, 0) is 47.9 Å². The predicted octanol–water partition coefficient (Wildman–Crippen LogP) is 11.1. The van der Waals surface area contributed by atoms with Crippen molar-refractivity contribution in [2.45, 2.75) is 230 Å². The van der Waals surface area contributed by atoms with E-state index in [9.17, 15) is 19.5 Å². The minimum Gasteiger partial charge on any atom is -0.391 e. The van der Waals surface area contributed by atoms with Gasteiger partial charge in [0, 0.05) is 77.0 Å². The molecule has 12 rings (SSSR count). The zero-order valence-corrected chi connectivity index (χ0v) is 50.1. The van der Waals surface area contributed by atoms with E-state index in [0.29, 0.717) is 67.9 Å². The average molecular weight is 1160 g/mol. The quantitative estimate of drug-likeness (QED) is 0.188. The molecular formula is C71H112N6O7. The number of likely N-dealkylation sites (tertiary alicyclic amines) is 3. The number of hydrogen-bond acceptors (Lipinski definition) is 10. The molecule has 3 spiro atoms. The third kappa shape index (κ3) is 16.5. The molecular weight excluding hydrogens is 1050 g/mol. The fourth-order valence-electron chi connectivity index (χ4n) is 16.5. The molecule has 9 fully saturated rings. The van der Waals surface area contributed by atoms with Crippen molar-refractivity contribution >= 4 is 17.7 Å². The molecule has 9 aliphatic rings.